The van der Waals surface area contributed by atoms with Crippen molar-refractivity contribution in [3.8, 4) is 5.75 Å². The van der Waals surface area contributed by atoms with Crippen molar-refractivity contribution in [2.75, 3.05) is 23.4 Å². The van der Waals surface area contributed by atoms with E-state index in [1.54, 1.807) is 17.0 Å². The first-order valence-corrected chi connectivity index (χ1v) is 6.17. The molecule has 5 nitrogen and oxygen atoms in total. The van der Waals surface area contributed by atoms with Gasteiger partial charge in [0.15, 0.2) is 6.61 Å². The topological polar surface area (TPSA) is 58.6 Å². The molecule has 1 saturated heterocycles. The average Bonchev–Trinajstić information content (AvgIpc) is 2.79. The second kappa shape index (κ2) is 4.42. The number of nitrogens with zero attached hydrogens (tertiary/aromatic N) is 1. The maximum atomic E-state index is 11.9. The van der Waals surface area contributed by atoms with Crippen LogP contribution in [-0.4, -0.2) is 25.0 Å². The van der Waals surface area contributed by atoms with Crippen LogP contribution in [0.15, 0.2) is 30.9 Å². The Labute approximate surface area is 110 Å². The molecule has 0 aliphatic carbocycles. The highest BCUT2D eigenvalue weighted by Gasteiger charge is 2.29. The molecule has 98 valence electrons. The lowest BCUT2D eigenvalue weighted by Crippen LogP contribution is -2.27. The lowest BCUT2D eigenvalue weighted by molar-refractivity contribution is -0.119. The zero-order chi connectivity index (χ0) is 13.4. The van der Waals surface area contributed by atoms with Crippen molar-refractivity contribution in [1.29, 1.82) is 0 Å². The molecule has 0 bridgehead atoms. The minimum atomic E-state index is -0.163. The van der Waals surface area contributed by atoms with Crippen LogP contribution in [0.25, 0.3) is 0 Å². The summed E-state index contributed by atoms with van der Waals surface area (Å²) in [7, 11) is 0. The summed E-state index contributed by atoms with van der Waals surface area (Å²) in [6, 6.07) is 5.37. The number of hydrogen-bond acceptors (Lipinski definition) is 3. The fraction of sp³-hybridized carbons (Fsp3) is 0.286. The van der Waals surface area contributed by atoms with Gasteiger partial charge in [-0.05, 0) is 12.1 Å². The number of fused-ring (bicyclic) bond motifs is 1. The second-order valence-electron chi connectivity index (χ2n) is 4.72. The Morgan fingerprint density at radius 3 is 3.00 bits per heavy atom. The average molecular weight is 258 g/mol. The van der Waals surface area contributed by atoms with Crippen LogP contribution < -0.4 is 15.0 Å². The minimum absolute atomic E-state index is 0.0136. The van der Waals surface area contributed by atoms with Gasteiger partial charge in [-0.1, -0.05) is 6.08 Å². The molecule has 0 radical (unpaired) electrons. The third-order valence-corrected chi connectivity index (χ3v) is 3.40. The fourth-order valence-electron chi connectivity index (χ4n) is 2.37. The number of benzene rings is 1. The van der Waals surface area contributed by atoms with Crippen molar-refractivity contribution < 1.29 is 14.3 Å². The first-order chi connectivity index (χ1) is 9.17. The molecule has 2 aliphatic rings. The molecule has 3 rings (SSSR count). The fourth-order valence-corrected chi connectivity index (χ4v) is 2.37. The predicted octanol–water partition coefficient (Wildman–Crippen LogP) is 1.56. The van der Waals surface area contributed by atoms with Crippen molar-refractivity contribution in [2.45, 2.75) is 6.42 Å². The van der Waals surface area contributed by atoms with E-state index in [4.69, 9.17) is 4.74 Å². The quantitative estimate of drug-likeness (QED) is 0.819. The Morgan fingerprint density at radius 2 is 2.26 bits per heavy atom. The van der Waals surface area contributed by atoms with Crippen molar-refractivity contribution in [3.05, 3.63) is 30.9 Å². The molecule has 1 aromatic carbocycles. The number of carbonyl (C=O) groups excluding carboxylic acids is 2. The predicted molar refractivity (Wildman–Crippen MR) is 71.2 cm³/mol. The Morgan fingerprint density at radius 1 is 1.42 bits per heavy atom. The molecule has 2 heterocycles. The van der Waals surface area contributed by atoms with Gasteiger partial charge in [0, 0.05) is 30.6 Å². The number of anilines is 2. The Bertz CT molecular complexity index is 568. The van der Waals surface area contributed by atoms with Crippen LogP contribution >= 0.6 is 0 Å². The van der Waals surface area contributed by atoms with E-state index in [-0.39, 0.29) is 24.3 Å². The van der Waals surface area contributed by atoms with E-state index in [0.717, 1.165) is 5.69 Å². The molecule has 1 unspecified atom stereocenters. The third-order valence-electron chi connectivity index (χ3n) is 3.40. The number of ether oxygens (including phenoxy) is 1. The van der Waals surface area contributed by atoms with Gasteiger partial charge >= 0.3 is 0 Å². The van der Waals surface area contributed by atoms with Crippen LogP contribution in [-0.2, 0) is 9.59 Å². The molecule has 1 aromatic rings. The molecule has 5 heteroatoms. The summed E-state index contributed by atoms with van der Waals surface area (Å²) in [5.41, 5.74) is 1.44. The maximum absolute atomic E-state index is 11.9. The van der Waals surface area contributed by atoms with Crippen LogP contribution in [0.2, 0.25) is 0 Å². The van der Waals surface area contributed by atoms with Crippen LogP contribution in [0, 0.1) is 5.92 Å². The molecule has 0 saturated carbocycles. The molecular weight excluding hydrogens is 244 g/mol. The highest BCUT2D eigenvalue weighted by molar-refractivity contribution is 5.98. The van der Waals surface area contributed by atoms with Gasteiger partial charge < -0.3 is 15.0 Å². The maximum Gasteiger partial charge on any atom is 0.262 e. The van der Waals surface area contributed by atoms with Gasteiger partial charge in [-0.3, -0.25) is 9.59 Å². The molecule has 2 amide bonds. The molecule has 1 N–H and O–H groups in total. The summed E-state index contributed by atoms with van der Waals surface area (Å²) >= 11 is 0. The van der Waals surface area contributed by atoms with Gasteiger partial charge in [0.2, 0.25) is 5.91 Å². The van der Waals surface area contributed by atoms with Gasteiger partial charge in [0.25, 0.3) is 5.91 Å². The van der Waals surface area contributed by atoms with E-state index >= 15 is 0 Å². The van der Waals surface area contributed by atoms with E-state index in [1.165, 1.54) is 0 Å². The summed E-state index contributed by atoms with van der Waals surface area (Å²) < 4.78 is 5.35. The van der Waals surface area contributed by atoms with Gasteiger partial charge in [0.1, 0.15) is 5.75 Å². The summed E-state index contributed by atoms with van der Waals surface area (Å²) in [6.45, 7) is 4.39. The lowest BCUT2D eigenvalue weighted by Gasteiger charge is -2.22. The monoisotopic (exact) mass is 258 g/mol. The summed E-state index contributed by atoms with van der Waals surface area (Å²) in [5, 5.41) is 2.73. The molecule has 2 aliphatic heterocycles. The van der Waals surface area contributed by atoms with Crippen molar-refractivity contribution in [1.82, 2.24) is 0 Å². The SMILES string of the molecule is C=CC1CC(=O)N(c2ccc3c(c2)OCC(=O)N3)C1. The minimum Gasteiger partial charge on any atom is -0.482 e. The number of rotatable bonds is 2. The number of amides is 2. The molecule has 19 heavy (non-hydrogen) atoms. The number of carbonyl (C=O) groups is 2. The van der Waals surface area contributed by atoms with E-state index in [1.807, 2.05) is 12.1 Å². The second-order valence-corrected chi connectivity index (χ2v) is 4.72. The first kappa shape index (κ1) is 11.8. The molecular formula is C14H14N2O3. The van der Waals surface area contributed by atoms with Crippen molar-refractivity contribution in [3.63, 3.8) is 0 Å². The standard InChI is InChI=1S/C14H14N2O3/c1-2-9-5-14(18)16(7-9)10-3-4-11-12(6-10)19-8-13(17)15-11/h2-4,6,9H,1,5,7-8H2,(H,15,17). The molecule has 1 fully saturated rings. The van der Waals surface area contributed by atoms with Crippen LogP contribution in [0.3, 0.4) is 0 Å². The van der Waals surface area contributed by atoms with Gasteiger partial charge in [-0.15, -0.1) is 6.58 Å². The van der Waals surface area contributed by atoms with Gasteiger partial charge in [0.05, 0.1) is 5.69 Å². The van der Waals surface area contributed by atoms with E-state index in [0.29, 0.717) is 24.4 Å². The van der Waals surface area contributed by atoms with Gasteiger partial charge in [-0.25, -0.2) is 0 Å². The number of hydrogen-bond donors (Lipinski definition) is 1. The smallest absolute Gasteiger partial charge is 0.262 e. The number of nitrogens with one attached hydrogen (secondary N) is 1. The highest BCUT2D eigenvalue weighted by Crippen LogP contribution is 2.34. The summed E-state index contributed by atoms with van der Waals surface area (Å²) in [6.07, 6.45) is 2.31. The zero-order valence-corrected chi connectivity index (χ0v) is 10.4. The van der Waals surface area contributed by atoms with E-state index < -0.39 is 0 Å². The van der Waals surface area contributed by atoms with Crippen LogP contribution in [0.1, 0.15) is 6.42 Å². The third kappa shape index (κ3) is 2.07. The van der Waals surface area contributed by atoms with Crippen molar-refractivity contribution in [2.24, 2.45) is 5.92 Å². The van der Waals surface area contributed by atoms with Gasteiger partial charge in [-0.2, -0.15) is 0 Å². The highest BCUT2D eigenvalue weighted by atomic mass is 16.5. The Balaban J connectivity index is 1.88. The Kier molecular flexibility index (Phi) is 2.74. The molecule has 0 spiro atoms. The van der Waals surface area contributed by atoms with Crippen molar-refractivity contribution >= 4 is 23.2 Å². The van der Waals surface area contributed by atoms with Crippen LogP contribution in [0.5, 0.6) is 5.75 Å². The molecule has 0 aromatic heterocycles. The molecule has 1 atom stereocenters. The zero-order valence-electron chi connectivity index (χ0n) is 10.4. The normalized spacial score (nSPS) is 21.7. The Hall–Kier alpha value is -2.30. The van der Waals surface area contributed by atoms with E-state index in [9.17, 15) is 9.59 Å². The van der Waals surface area contributed by atoms with E-state index in [2.05, 4.69) is 11.9 Å². The summed E-state index contributed by atoms with van der Waals surface area (Å²) in [5.74, 6) is 0.727. The largest absolute Gasteiger partial charge is 0.482 e. The van der Waals surface area contributed by atoms with Crippen LogP contribution in [0.4, 0.5) is 11.4 Å². The lowest BCUT2D eigenvalue weighted by atomic mass is 10.1. The first-order valence-electron chi connectivity index (χ1n) is 6.17. The summed E-state index contributed by atoms with van der Waals surface area (Å²) in [4.78, 5) is 24.8.